The first kappa shape index (κ1) is 16.4. The van der Waals surface area contributed by atoms with Crippen molar-refractivity contribution in [2.75, 3.05) is 13.1 Å². The predicted octanol–water partition coefficient (Wildman–Crippen LogP) is 0.536. The van der Waals surface area contributed by atoms with Crippen LogP contribution in [0.4, 0.5) is 0 Å². The molecule has 2 amide bonds. The van der Waals surface area contributed by atoms with E-state index in [0.717, 1.165) is 0 Å². The van der Waals surface area contributed by atoms with Gasteiger partial charge in [-0.1, -0.05) is 12.1 Å². The standard InChI is InChI=1S/C17H16N4O4/c22-14-10-20-21(13-5-2-1-4-12(13)14)11-16(23)18-7-8-19-17(24)15-6-3-9-25-15/h1-6,9-10H,7-8,11H2,(H,18,23)(H,19,24). The van der Waals surface area contributed by atoms with Gasteiger partial charge in [0.05, 0.1) is 18.0 Å². The van der Waals surface area contributed by atoms with Crippen molar-refractivity contribution < 1.29 is 14.0 Å². The van der Waals surface area contributed by atoms with Crippen LogP contribution in [-0.4, -0.2) is 34.7 Å². The van der Waals surface area contributed by atoms with E-state index in [1.165, 1.54) is 17.1 Å². The quantitative estimate of drug-likeness (QED) is 0.637. The molecule has 1 aromatic carbocycles. The zero-order valence-corrected chi connectivity index (χ0v) is 13.3. The van der Waals surface area contributed by atoms with Gasteiger partial charge in [0.25, 0.3) is 5.91 Å². The van der Waals surface area contributed by atoms with Crippen molar-refractivity contribution in [1.29, 1.82) is 0 Å². The Morgan fingerprint density at radius 3 is 2.68 bits per heavy atom. The van der Waals surface area contributed by atoms with Crippen molar-refractivity contribution >= 4 is 22.7 Å². The van der Waals surface area contributed by atoms with Gasteiger partial charge < -0.3 is 15.1 Å². The van der Waals surface area contributed by atoms with Gasteiger partial charge in [-0.2, -0.15) is 5.10 Å². The summed E-state index contributed by atoms with van der Waals surface area (Å²) < 4.78 is 6.43. The number of aromatic nitrogens is 2. The van der Waals surface area contributed by atoms with Gasteiger partial charge in [-0.15, -0.1) is 0 Å². The molecule has 0 unspecified atom stereocenters. The number of furan rings is 1. The molecule has 0 bridgehead atoms. The molecule has 2 aromatic heterocycles. The maximum absolute atomic E-state index is 12.0. The Labute approximate surface area is 142 Å². The summed E-state index contributed by atoms with van der Waals surface area (Å²) in [5, 5.41) is 9.83. The SMILES string of the molecule is O=C(Cn1ncc(=O)c2ccccc21)NCCNC(=O)c1ccco1. The minimum Gasteiger partial charge on any atom is -0.459 e. The first-order chi connectivity index (χ1) is 12.1. The number of fused-ring (bicyclic) bond motifs is 1. The Bertz CT molecular complexity index is 947. The van der Waals surface area contributed by atoms with E-state index in [1.807, 2.05) is 0 Å². The summed E-state index contributed by atoms with van der Waals surface area (Å²) in [7, 11) is 0. The lowest BCUT2D eigenvalue weighted by Crippen LogP contribution is -2.36. The lowest BCUT2D eigenvalue weighted by molar-refractivity contribution is -0.121. The van der Waals surface area contributed by atoms with Crippen molar-refractivity contribution in [3.05, 3.63) is 64.8 Å². The molecule has 128 valence electrons. The molecule has 0 spiro atoms. The minimum atomic E-state index is -0.340. The monoisotopic (exact) mass is 340 g/mol. The number of nitrogens with one attached hydrogen (secondary N) is 2. The van der Waals surface area contributed by atoms with Crippen LogP contribution in [0.2, 0.25) is 0 Å². The van der Waals surface area contributed by atoms with Gasteiger partial charge in [-0.25, -0.2) is 0 Å². The number of rotatable bonds is 6. The highest BCUT2D eigenvalue weighted by molar-refractivity contribution is 5.91. The average molecular weight is 340 g/mol. The zero-order valence-electron chi connectivity index (χ0n) is 13.3. The fourth-order valence-corrected chi connectivity index (χ4v) is 2.35. The van der Waals surface area contributed by atoms with E-state index in [-0.39, 0.29) is 42.6 Å². The lowest BCUT2D eigenvalue weighted by atomic mass is 10.2. The van der Waals surface area contributed by atoms with E-state index in [4.69, 9.17) is 4.42 Å². The molecule has 0 radical (unpaired) electrons. The van der Waals surface area contributed by atoms with E-state index in [9.17, 15) is 14.4 Å². The van der Waals surface area contributed by atoms with Crippen LogP contribution >= 0.6 is 0 Å². The summed E-state index contributed by atoms with van der Waals surface area (Å²) in [5.74, 6) is -0.392. The molecule has 0 aliphatic carbocycles. The van der Waals surface area contributed by atoms with Crippen LogP contribution in [0.5, 0.6) is 0 Å². The van der Waals surface area contributed by atoms with Crippen molar-refractivity contribution in [2.45, 2.75) is 6.54 Å². The second-order valence-electron chi connectivity index (χ2n) is 5.27. The molecule has 3 rings (SSSR count). The molecule has 0 aliphatic heterocycles. The molecule has 0 aliphatic rings. The molecule has 0 saturated heterocycles. The maximum Gasteiger partial charge on any atom is 0.287 e. The molecule has 3 aromatic rings. The van der Waals surface area contributed by atoms with Gasteiger partial charge >= 0.3 is 0 Å². The van der Waals surface area contributed by atoms with Gasteiger partial charge in [0, 0.05) is 18.5 Å². The summed E-state index contributed by atoms with van der Waals surface area (Å²) >= 11 is 0. The third kappa shape index (κ3) is 3.92. The Kier molecular flexibility index (Phi) is 4.89. The average Bonchev–Trinajstić information content (AvgIpc) is 3.16. The van der Waals surface area contributed by atoms with Crippen LogP contribution in [0.15, 0.2) is 58.1 Å². The smallest absolute Gasteiger partial charge is 0.287 e. The first-order valence-electron chi connectivity index (χ1n) is 7.68. The molecule has 25 heavy (non-hydrogen) atoms. The van der Waals surface area contributed by atoms with E-state index >= 15 is 0 Å². The van der Waals surface area contributed by atoms with Gasteiger partial charge in [0.1, 0.15) is 6.54 Å². The summed E-state index contributed by atoms with van der Waals surface area (Å²) in [6, 6.07) is 10.1. The zero-order chi connectivity index (χ0) is 17.6. The van der Waals surface area contributed by atoms with Crippen LogP contribution < -0.4 is 16.1 Å². The highest BCUT2D eigenvalue weighted by Gasteiger charge is 2.09. The van der Waals surface area contributed by atoms with Crippen molar-refractivity contribution in [1.82, 2.24) is 20.4 Å². The van der Waals surface area contributed by atoms with Crippen molar-refractivity contribution in [3.63, 3.8) is 0 Å². The molecule has 2 N–H and O–H groups in total. The first-order valence-corrected chi connectivity index (χ1v) is 7.68. The fourth-order valence-electron chi connectivity index (χ4n) is 2.35. The van der Waals surface area contributed by atoms with Crippen molar-refractivity contribution in [2.24, 2.45) is 0 Å². The number of para-hydroxylation sites is 1. The Morgan fingerprint density at radius 2 is 1.88 bits per heavy atom. The predicted molar refractivity (Wildman–Crippen MR) is 90.1 cm³/mol. The second kappa shape index (κ2) is 7.43. The molecule has 8 heteroatoms. The van der Waals surface area contributed by atoms with Crippen LogP contribution in [0.25, 0.3) is 10.9 Å². The van der Waals surface area contributed by atoms with E-state index < -0.39 is 0 Å². The van der Waals surface area contributed by atoms with Gasteiger partial charge in [-0.05, 0) is 24.3 Å². The maximum atomic E-state index is 12.0. The molecule has 0 fully saturated rings. The van der Waals surface area contributed by atoms with Crippen LogP contribution in [-0.2, 0) is 11.3 Å². The molecule has 2 heterocycles. The van der Waals surface area contributed by atoms with E-state index in [1.54, 1.807) is 36.4 Å². The number of carbonyl (C=O) groups excluding carboxylic acids is 2. The molecule has 0 saturated carbocycles. The Balaban J connectivity index is 1.52. The molecule has 0 atom stereocenters. The van der Waals surface area contributed by atoms with E-state index in [2.05, 4.69) is 15.7 Å². The number of benzene rings is 1. The topological polar surface area (TPSA) is 106 Å². The summed E-state index contributed by atoms with van der Waals surface area (Å²) in [5.41, 5.74) is 0.407. The number of hydrogen-bond acceptors (Lipinski definition) is 5. The van der Waals surface area contributed by atoms with Crippen LogP contribution in [0.1, 0.15) is 10.6 Å². The highest BCUT2D eigenvalue weighted by Crippen LogP contribution is 2.07. The van der Waals surface area contributed by atoms with Crippen LogP contribution in [0, 0.1) is 0 Å². The normalized spacial score (nSPS) is 10.6. The fraction of sp³-hybridized carbons (Fsp3) is 0.176. The molecule has 8 nitrogen and oxygen atoms in total. The van der Waals surface area contributed by atoms with Gasteiger partial charge in [0.15, 0.2) is 5.76 Å². The Morgan fingerprint density at radius 1 is 1.08 bits per heavy atom. The summed E-state index contributed by atoms with van der Waals surface area (Å²) in [4.78, 5) is 35.5. The lowest BCUT2D eigenvalue weighted by Gasteiger charge is -2.10. The third-order valence-corrected chi connectivity index (χ3v) is 3.53. The third-order valence-electron chi connectivity index (χ3n) is 3.53. The second-order valence-corrected chi connectivity index (χ2v) is 5.27. The molecular formula is C17H16N4O4. The van der Waals surface area contributed by atoms with E-state index in [0.29, 0.717) is 10.9 Å². The van der Waals surface area contributed by atoms with Crippen LogP contribution in [0.3, 0.4) is 0 Å². The Hall–Kier alpha value is -3.42. The van der Waals surface area contributed by atoms with Crippen molar-refractivity contribution in [3.8, 4) is 0 Å². The minimum absolute atomic E-state index is 0.0209. The van der Waals surface area contributed by atoms with Gasteiger partial charge in [0.2, 0.25) is 11.3 Å². The number of carbonyl (C=O) groups is 2. The number of amides is 2. The summed E-state index contributed by atoms with van der Waals surface area (Å²) in [6.07, 6.45) is 2.61. The van der Waals surface area contributed by atoms with Gasteiger partial charge in [-0.3, -0.25) is 19.1 Å². The highest BCUT2D eigenvalue weighted by atomic mass is 16.3. The molecular weight excluding hydrogens is 324 g/mol. The number of nitrogens with zero attached hydrogens (tertiary/aromatic N) is 2. The summed E-state index contributed by atoms with van der Waals surface area (Å²) in [6.45, 7) is 0.514. The largest absolute Gasteiger partial charge is 0.459 e. The number of hydrogen-bond donors (Lipinski definition) is 2.